The van der Waals surface area contributed by atoms with Gasteiger partial charge in [0.25, 0.3) is 0 Å². The van der Waals surface area contributed by atoms with Crippen molar-refractivity contribution >= 4 is 17.0 Å². The zero-order valence-corrected chi connectivity index (χ0v) is 22.7. The van der Waals surface area contributed by atoms with Gasteiger partial charge in [-0.3, -0.25) is 14.6 Å². The number of nitrogens with one attached hydrogen (secondary N) is 1. The molecule has 2 atom stereocenters. The Morgan fingerprint density at radius 1 is 1.02 bits per heavy atom. The van der Waals surface area contributed by atoms with E-state index in [0.717, 1.165) is 56.5 Å². The molecule has 6 rings (SSSR count). The Labute approximate surface area is 234 Å². The molecule has 8 nitrogen and oxygen atoms in total. The van der Waals surface area contributed by atoms with E-state index in [9.17, 15) is 9.90 Å². The first-order valence-electron chi connectivity index (χ1n) is 14.2. The summed E-state index contributed by atoms with van der Waals surface area (Å²) in [5.41, 5.74) is 4.96. The van der Waals surface area contributed by atoms with Crippen LogP contribution >= 0.6 is 0 Å². The van der Waals surface area contributed by atoms with Crippen molar-refractivity contribution in [2.75, 3.05) is 45.9 Å². The maximum absolute atomic E-state index is 12.8. The fourth-order valence-electron chi connectivity index (χ4n) is 5.72. The third kappa shape index (κ3) is 6.36. The number of fused-ring (bicyclic) bond motifs is 2. The van der Waals surface area contributed by atoms with E-state index < -0.39 is 6.10 Å². The first kappa shape index (κ1) is 26.5. The van der Waals surface area contributed by atoms with Gasteiger partial charge in [0.2, 0.25) is 11.8 Å². The van der Waals surface area contributed by atoms with Crippen LogP contribution in [0.2, 0.25) is 0 Å². The van der Waals surface area contributed by atoms with Crippen molar-refractivity contribution in [3.63, 3.8) is 0 Å². The molecular formula is C32H36N4O4. The molecule has 1 aromatic heterocycles. The number of aromatic nitrogens is 1. The lowest BCUT2D eigenvalue weighted by molar-refractivity contribution is -0.123. The normalized spacial score (nSPS) is 18.8. The average molecular weight is 541 g/mol. The van der Waals surface area contributed by atoms with Crippen molar-refractivity contribution in [1.29, 1.82) is 0 Å². The molecule has 0 saturated carbocycles. The molecule has 3 aromatic carbocycles. The van der Waals surface area contributed by atoms with Crippen LogP contribution in [0.15, 0.2) is 77.2 Å². The smallest absolute Gasteiger partial charge is 0.234 e. The van der Waals surface area contributed by atoms with Crippen LogP contribution in [-0.2, 0) is 11.2 Å². The van der Waals surface area contributed by atoms with E-state index in [2.05, 4.69) is 44.4 Å². The number of aliphatic hydroxyl groups is 1. The predicted octanol–water partition coefficient (Wildman–Crippen LogP) is 4.05. The SMILES string of the molecule is O=C(CN1CCN(C[C@@H](O)COc2ccc3oc(-c4ccccc4)nc3c2)CC1)N[C@H]1CCCc2ccccc21. The molecule has 1 fully saturated rings. The summed E-state index contributed by atoms with van der Waals surface area (Å²) in [5, 5.41) is 13.9. The van der Waals surface area contributed by atoms with Crippen LogP contribution in [-0.4, -0.2) is 77.8 Å². The molecule has 0 radical (unpaired) electrons. The zero-order valence-electron chi connectivity index (χ0n) is 22.7. The maximum Gasteiger partial charge on any atom is 0.234 e. The van der Waals surface area contributed by atoms with E-state index >= 15 is 0 Å². The number of benzene rings is 3. The van der Waals surface area contributed by atoms with Crippen molar-refractivity contribution in [3.8, 4) is 17.2 Å². The largest absolute Gasteiger partial charge is 0.491 e. The molecule has 1 aliphatic heterocycles. The third-order valence-electron chi connectivity index (χ3n) is 7.83. The highest BCUT2D eigenvalue weighted by molar-refractivity contribution is 5.79. The van der Waals surface area contributed by atoms with Gasteiger partial charge in [-0.15, -0.1) is 0 Å². The third-order valence-corrected chi connectivity index (χ3v) is 7.83. The predicted molar refractivity (Wildman–Crippen MR) is 154 cm³/mol. The molecule has 1 aliphatic carbocycles. The first-order chi connectivity index (χ1) is 19.6. The molecule has 2 aliphatic rings. The van der Waals surface area contributed by atoms with Crippen molar-refractivity contribution in [3.05, 3.63) is 83.9 Å². The fraction of sp³-hybridized carbons (Fsp3) is 0.375. The highest BCUT2D eigenvalue weighted by Crippen LogP contribution is 2.29. The van der Waals surface area contributed by atoms with Crippen molar-refractivity contribution in [2.24, 2.45) is 0 Å². The number of amides is 1. The molecule has 1 saturated heterocycles. The summed E-state index contributed by atoms with van der Waals surface area (Å²) in [6.07, 6.45) is 2.58. The lowest BCUT2D eigenvalue weighted by Crippen LogP contribution is -2.51. The molecule has 2 N–H and O–H groups in total. The van der Waals surface area contributed by atoms with Gasteiger partial charge in [0.1, 0.15) is 24.0 Å². The summed E-state index contributed by atoms with van der Waals surface area (Å²) in [6.45, 7) is 4.36. The minimum absolute atomic E-state index is 0.0866. The first-order valence-corrected chi connectivity index (χ1v) is 14.2. The Balaban J connectivity index is 0.932. The lowest BCUT2D eigenvalue weighted by Gasteiger charge is -2.35. The average Bonchev–Trinajstić information content (AvgIpc) is 3.41. The van der Waals surface area contributed by atoms with Gasteiger partial charge >= 0.3 is 0 Å². The standard InChI is InChI=1S/C32H36N4O4/c37-25(22-39-26-13-14-30-29(19-26)34-32(40-30)24-8-2-1-3-9-24)20-35-15-17-36(18-16-35)21-31(38)33-28-12-6-10-23-7-4-5-11-27(23)28/h1-5,7-9,11,13-14,19,25,28,37H,6,10,12,15-18,20-22H2,(H,33,38)/t25-,28+/m1/s1. The van der Waals surface area contributed by atoms with Gasteiger partial charge in [0.05, 0.1) is 12.6 Å². The Morgan fingerprint density at radius 2 is 1.80 bits per heavy atom. The number of carbonyl (C=O) groups is 1. The van der Waals surface area contributed by atoms with Crippen LogP contribution in [0.1, 0.15) is 30.0 Å². The number of oxazole rings is 1. The number of ether oxygens (including phenoxy) is 1. The van der Waals surface area contributed by atoms with Crippen molar-refractivity contribution < 1.29 is 19.1 Å². The molecule has 1 amide bonds. The zero-order chi connectivity index (χ0) is 27.3. The van der Waals surface area contributed by atoms with Gasteiger partial charge in [0, 0.05) is 44.4 Å². The topological polar surface area (TPSA) is 91.1 Å². The Bertz CT molecular complexity index is 1430. The second-order valence-corrected chi connectivity index (χ2v) is 10.8. The Hall–Kier alpha value is -3.72. The van der Waals surface area contributed by atoms with Crippen LogP contribution < -0.4 is 10.1 Å². The van der Waals surface area contributed by atoms with Gasteiger partial charge in [-0.25, -0.2) is 4.98 Å². The highest BCUT2D eigenvalue weighted by atomic mass is 16.5. The number of aliphatic hydroxyl groups excluding tert-OH is 1. The minimum atomic E-state index is -0.617. The number of carbonyl (C=O) groups excluding carboxylic acids is 1. The minimum Gasteiger partial charge on any atom is -0.491 e. The molecule has 0 unspecified atom stereocenters. The number of β-amino-alcohol motifs (C(OH)–C–C–N with tert-alkyl or cyclic N) is 1. The summed E-state index contributed by atoms with van der Waals surface area (Å²) in [7, 11) is 0. The van der Waals surface area contributed by atoms with E-state index in [1.165, 1.54) is 11.1 Å². The molecule has 208 valence electrons. The van der Waals surface area contributed by atoms with E-state index in [1.807, 2.05) is 48.5 Å². The fourth-order valence-corrected chi connectivity index (χ4v) is 5.72. The van der Waals surface area contributed by atoms with Gasteiger partial charge in [-0.2, -0.15) is 0 Å². The van der Waals surface area contributed by atoms with Crippen LogP contribution in [0.3, 0.4) is 0 Å². The summed E-state index contributed by atoms with van der Waals surface area (Å²) in [5.74, 6) is 1.31. The molecule has 2 heterocycles. The van der Waals surface area contributed by atoms with Crippen LogP contribution in [0, 0.1) is 0 Å². The molecule has 8 heteroatoms. The number of hydrogen-bond acceptors (Lipinski definition) is 7. The Kier molecular flexibility index (Phi) is 8.09. The Morgan fingerprint density at radius 3 is 2.65 bits per heavy atom. The number of rotatable bonds is 9. The van der Waals surface area contributed by atoms with E-state index in [-0.39, 0.29) is 18.6 Å². The number of nitrogens with zero attached hydrogens (tertiary/aromatic N) is 3. The second-order valence-electron chi connectivity index (χ2n) is 10.8. The van der Waals surface area contributed by atoms with Crippen LogP contribution in [0.25, 0.3) is 22.6 Å². The molecule has 4 aromatic rings. The number of aryl methyl sites for hydroxylation is 1. The van der Waals surface area contributed by atoms with E-state index in [0.29, 0.717) is 30.3 Å². The summed E-state index contributed by atoms with van der Waals surface area (Å²) in [4.78, 5) is 21.8. The van der Waals surface area contributed by atoms with E-state index in [4.69, 9.17) is 9.15 Å². The molecule has 0 bridgehead atoms. The highest BCUT2D eigenvalue weighted by Gasteiger charge is 2.24. The number of piperazine rings is 1. The maximum atomic E-state index is 12.8. The molecule has 40 heavy (non-hydrogen) atoms. The van der Waals surface area contributed by atoms with Crippen molar-refractivity contribution in [2.45, 2.75) is 31.4 Å². The van der Waals surface area contributed by atoms with Gasteiger partial charge in [-0.1, -0.05) is 42.5 Å². The van der Waals surface area contributed by atoms with Crippen molar-refractivity contribution in [1.82, 2.24) is 20.1 Å². The number of hydrogen-bond donors (Lipinski definition) is 2. The quantitative estimate of drug-likeness (QED) is 0.331. The summed E-state index contributed by atoms with van der Waals surface area (Å²) < 4.78 is 11.7. The summed E-state index contributed by atoms with van der Waals surface area (Å²) in [6, 6.07) is 23.9. The van der Waals surface area contributed by atoms with Crippen LogP contribution in [0.4, 0.5) is 0 Å². The van der Waals surface area contributed by atoms with E-state index in [1.54, 1.807) is 0 Å². The van der Waals surface area contributed by atoms with Gasteiger partial charge < -0.3 is 19.6 Å². The van der Waals surface area contributed by atoms with Gasteiger partial charge in [0.15, 0.2) is 5.58 Å². The molecular weight excluding hydrogens is 504 g/mol. The lowest BCUT2D eigenvalue weighted by atomic mass is 9.88. The van der Waals surface area contributed by atoms with Gasteiger partial charge in [-0.05, 0) is 54.7 Å². The van der Waals surface area contributed by atoms with Crippen LogP contribution in [0.5, 0.6) is 5.75 Å². The molecule has 0 spiro atoms. The second kappa shape index (κ2) is 12.2. The summed E-state index contributed by atoms with van der Waals surface area (Å²) >= 11 is 0. The monoisotopic (exact) mass is 540 g/mol.